The van der Waals surface area contributed by atoms with Crippen LogP contribution in [0.4, 0.5) is 0 Å². The Bertz CT molecular complexity index is 3130. The summed E-state index contributed by atoms with van der Waals surface area (Å²) in [6.07, 6.45) is 0. The molecule has 0 amide bonds. The van der Waals surface area contributed by atoms with E-state index in [1.54, 1.807) is 0 Å². The third-order valence-corrected chi connectivity index (χ3v) is 10.7. The maximum Gasteiger partial charge on any atom is 0.0991 e. The molecule has 0 saturated heterocycles. The Morgan fingerprint density at radius 2 is 0.769 bits per heavy atom. The number of fused-ring (bicyclic) bond motifs is 8. The van der Waals surface area contributed by atoms with E-state index in [0.717, 1.165) is 71.1 Å². The van der Waals surface area contributed by atoms with E-state index in [-0.39, 0.29) is 0 Å². The lowest BCUT2D eigenvalue weighted by Gasteiger charge is -2.17. The largest absolute Gasteiger partial charge is 0.192 e. The van der Waals surface area contributed by atoms with Crippen molar-refractivity contribution in [3.8, 4) is 73.8 Å². The summed E-state index contributed by atoms with van der Waals surface area (Å²) in [5.74, 6) is 0. The number of benzene rings is 9. The Hall–Kier alpha value is -7.51. The predicted molar refractivity (Wildman–Crippen MR) is 211 cm³/mol. The molecule has 3 heteroatoms. The molecule has 0 bridgehead atoms. The second kappa shape index (κ2) is 11.3. The van der Waals surface area contributed by atoms with Crippen LogP contribution in [0.1, 0.15) is 16.7 Å². The van der Waals surface area contributed by atoms with Gasteiger partial charge in [-0.1, -0.05) is 91.0 Å². The molecule has 0 N–H and O–H groups in total. The molecule has 0 fully saturated rings. The van der Waals surface area contributed by atoms with Crippen molar-refractivity contribution in [2.75, 3.05) is 0 Å². The summed E-state index contributed by atoms with van der Waals surface area (Å²) >= 11 is 0. The zero-order valence-corrected chi connectivity index (χ0v) is 27.8. The van der Waals surface area contributed by atoms with Gasteiger partial charge < -0.3 is 0 Å². The highest BCUT2D eigenvalue weighted by Crippen LogP contribution is 2.52. The lowest BCUT2D eigenvalue weighted by molar-refractivity contribution is 1.48. The summed E-state index contributed by atoms with van der Waals surface area (Å²) in [4.78, 5) is 0. The van der Waals surface area contributed by atoms with E-state index < -0.39 is 0 Å². The molecule has 0 atom stereocenters. The molecule has 52 heavy (non-hydrogen) atoms. The first-order chi connectivity index (χ1) is 25.6. The minimum absolute atomic E-state index is 0.630. The molecule has 1 aliphatic rings. The quantitative estimate of drug-likeness (QED) is 0.178. The molecule has 9 aromatic rings. The number of nitriles is 3. The Kier molecular flexibility index (Phi) is 6.37. The zero-order chi connectivity index (χ0) is 34.9. The summed E-state index contributed by atoms with van der Waals surface area (Å²) < 4.78 is 0. The zero-order valence-electron chi connectivity index (χ0n) is 27.8. The maximum atomic E-state index is 9.62. The van der Waals surface area contributed by atoms with Gasteiger partial charge in [-0.3, -0.25) is 0 Å². The third kappa shape index (κ3) is 4.30. The SMILES string of the molecule is N#Cc1ccc(-c2cc3c4cc5c(cc4c(-c4ccc(C#N)cc4)cc3c3ccccc23)-c2cccc3c(-c4cccc(C#N)c4)ccc-5c23)cc1. The molecule has 0 unspecified atom stereocenters. The van der Waals surface area contributed by atoms with E-state index >= 15 is 0 Å². The average molecular weight is 656 g/mol. The van der Waals surface area contributed by atoms with E-state index in [4.69, 9.17) is 0 Å². The fourth-order valence-electron chi connectivity index (χ4n) is 8.28. The Balaban J connectivity index is 1.31. The Labute approximate surface area is 300 Å². The number of hydrogen-bond donors (Lipinski definition) is 0. The van der Waals surface area contributed by atoms with Crippen LogP contribution in [-0.2, 0) is 0 Å². The second-order valence-electron chi connectivity index (χ2n) is 13.4. The van der Waals surface area contributed by atoms with Crippen LogP contribution in [0.3, 0.4) is 0 Å². The van der Waals surface area contributed by atoms with E-state index in [9.17, 15) is 15.8 Å². The molecule has 236 valence electrons. The monoisotopic (exact) mass is 655 g/mol. The summed E-state index contributed by atoms with van der Waals surface area (Å²) in [6, 6.07) is 59.3. The molecule has 1 aliphatic carbocycles. The molecule has 0 aliphatic heterocycles. The second-order valence-corrected chi connectivity index (χ2v) is 13.4. The standard InChI is InChI=1S/C49H25N3/c50-26-29-11-15-32(16-12-29)41-22-47-43(37-8-2-1-7-36(37)41)23-42(33-17-13-30(27-51)14-18-33)46-24-44-39-10-4-9-38-35(34-6-3-5-31(21-34)28-52)19-20-40(49(38)39)45(44)25-48(46)47/h1-25H. The van der Waals surface area contributed by atoms with Crippen LogP contribution in [0.2, 0.25) is 0 Å². The average Bonchev–Trinajstić information content (AvgIpc) is 3.53. The van der Waals surface area contributed by atoms with Gasteiger partial charge in [-0.25, -0.2) is 0 Å². The molecular weight excluding hydrogens is 631 g/mol. The lowest BCUT2D eigenvalue weighted by Crippen LogP contribution is -1.91. The first-order valence-corrected chi connectivity index (χ1v) is 17.2. The van der Waals surface area contributed by atoms with Gasteiger partial charge in [0.05, 0.1) is 34.9 Å². The molecule has 0 aromatic heterocycles. The van der Waals surface area contributed by atoms with Crippen molar-refractivity contribution < 1.29 is 0 Å². The molecule has 3 nitrogen and oxygen atoms in total. The Morgan fingerprint density at radius 1 is 0.269 bits per heavy atom. The van der Waals surface area contributed by atoms with Gasteiger partial charge in [0.1, 0.15) is 0 Å². The van der Waals surface area contributed by atoms with Crippen LogP contribution in [0.25, 0.3) is 98.7 Å². The normalized spacial score (nSPS) is 11.4. The van der Waals surface area contributed by atoms with Crippen LogP contribution < -0.4 is 0 Å². The number of hydrogen-bond acceptors (Lipinski definition) is 3. The molecule has 9 aromatic carbocycles. The van der Waals surface area contributed by atoms with Crippen LogP contribution >= 0.6 is 0 Å². The van der Waals surface area contributed by atoms with Crippen molar-refractivity contribution in [1.82, 2.24) is 0 Å². The third-order valence-electron chi connectivity index (χ3n) is 10.7. The van der Waals surface area contributed by atoms with E-state index in [0.29, 0.717) is 16.7 Å². The van der Waals surface area contributed by atoms with Gasteiger partial charge in [0, 0.05) is 0 Å². The smallest absolute Gasteiger partial charge is 0.0991 e. The van der Waals surface area contributed by atoms with Crippen molar-refractivity contribution in [2.45, 2.75) is 0 Å². The summed E-state index contributed by atoms with van der Waals surface area (Å²) in [6.45, 7) is 0. The van der Waals surface area contributed by atoms with Gasteiger partial charge in [0.2, 0.25) is 0 Å². The molecule has 0 radical (unpaired) electrons. The topological polar surface area (TPSA) is 71.4 Å². The highest BCUT2D eigenvalue weighted by atomic mass is 14.3. The minimum Gasteiger partial charge on any atom is -0.192 e. The fourth-order valence-corrected chi connectivity index (χ4v) is 8.28. The summed E-state index contributed by atoms with van der Waals surface area (Å²) in [5, 5.41) is 38.0. The van der Waals surface area contributed by atoms with Crippen molar-refractivity contribution in [3.63, 3.8) is 0 Å². The van der Waals surface area contributed by atoms with Gasteiger partial charge in [-0.2, -0.15) is 15.8 Å². The lowest BCUT2D eigenvalue weighted by atomic mass is 9.86. The number of nitrogens with zero attached hydrogens (tertiary/aromatic N) is 3. The fraction of sp³-hybridized carbons (Fsp3) is 0. The summed E-state index contributed by atoms with van der Waals surface area (Å²) in [5.41, 5.74) is 13.2. The molecule has 10 rings (SSSR count). The van der Waals surface area contributed by atoms with Crippen LogP contribution in [-0.4, -0.2) is 0 Å². The van der Waals surface area contributed by atoms with Crippen molar-refractivity contribution in [1.29, 1.82) is 15.8 Å². The van der Waals surface area contributed by atoms with Gasteiger partial charge >= 0.3 is 0 Å². The van der Waals surface area contributed by atoms with Crippen molar-refractivity contribution in [3.05, 3.63) is 168 Å². The summed E-state index contributed by atoms with van der Waals surface area (Å²) in [7, 11) is 0. The van der Waals surface area contributed by atoms with Gasteiger partial charge in [-0.05, 0) is 159 Å². The molecule has 0 spiro atoms. The van der Waals surface area contributed by atoms with Gasteiger partial charge in [0.15, 0.2) is 0 Å². The minimum atomic E-state index is 0.630. The van der Waals surface area contributed by atoms with Crippen LogP contribution in [0.5, 0.6) is 0 Å². The van der Waals surface area contributed by atoms with Crippen LogP contribution in [0, 0.1) is 34.0 Å². The Morgan fingerprint density at radius 3 is 1.44 bits per heavy atom. The number of rotatable bonds is 3. The van der Waals surface area contributed by atoms with E-state index in [1.807, 2.05) is 54.6 Å². The highest BCUT2D eigenvalue weighted by molar-refractivity contribution is 6.27. The highest BCUT2D eigenvalue weighted by Gasteiger charge is 2.25. The first-order valence-electron chi connectivity index (χ1n) is 17.2. The van der Waals surface area contributed by atoms with Gasteiger partial charge in [-0.15, -0.1) is 0 Å². The molecule has 0 heterocycles. The first kappa shape index (κ1) is 29.4. The van der Waals surface area contributed by atoms with E-state index in [2.05, 4.69) is 115 Å². The maximum absolute atomic E-state index is 9.62. The predicted octanol–water partition coefficient (Wildman–Crippen LogP) is 12.6. The van der Waals surface area contributed by atoms with Crippen molar-refractivity contribution >= 4 is 43.1 Å². The van der Waals surface area contributed by atoms with Crippen LogP contribution in [0.15, 0.2) is 152 Å². The molecular formula is C49H25N3. The van der Waals surface area contributed by atoms with E-state index in [1.165, 1.54) is 27.6 Å². The molecule has 0 saturated carbocycles. The van der Waals surface area contributed by atoms with Crippen molar-refractivity contribution in [2.24, 2.45) is 0 Å². The van der Waals surface area contributed by atoms with Gasteiger partial charge in [0.25, 0.3) is 0 Å².